The van der Waals surface area contributed by atoms with Crippen molar-refractivity contribution in [2.24, 2.45) is 17.6 Å². The largest absolute Gasteiger partial charge is 0.329 e. The van der Waals surface area contributed by atoms with E-state index >= 15 is 0 Å². The summed E-state index contributed by atoms with van der Waals surface area (Å²) >= 11 is 0. The molecule has 1 rings (SSSR count). The van der Waals surface area contributed by atoms with Crippen molar-refractivity contribution in [1.82, 2.24) is 4.90 Å². The maximum atomic E-state index is 6.07. The Morgan fingerprint density at radius 1 is 1.18 bits per heavy atom. The molecule has 17 heavy (non-hydrogen) atoms. The first-order chi connectivity index (χ1) is 8.22. The van der Waals surface area contributed by atoms with E-state index in [-0.39, 0.29) is 0 Å². The molecule has 1 aliphatic carbocycles. The molecule has 0 aromatic rings. The number of hydrogen-bond acceptors (Lipinski definition) is 2. The molecule has 0 aromatic heterocycles. The molecule has 0 radical (unpaired) electrons. The molecule has 0 bridgehead atoms. The van der Waals surface area contributed by atoms with Gasteiger partial charge in [-0.25, -0.2) is 0 Å². The van der Waals surface area contributed by atoms with Crippen LogP contribution in [0.4, 0.5) is 0 Å². The van der Waals surface area contributed by atoms with E-state index in [1.54, 1.807) is 0 Å². The summed E-state index contributed by atoms with van der Waals surface area (Å²) in [5.74, 6) is 1.76. The fourth-order valence-electron chi connectivity index (χ4n) is 3.49. The van der Waals surface area contributed by atoms with Gasteiger partial charge in [0.1, 0.15) is 0 Å². The molecular weight excluding hydrogens is 208 g/mol. The molecule has 2 N–H and O–H groups in total. The van der Waals surface area contributed by atoms with Crippen molar-refractivity contribution in [3.8, 4) is 0 Å². The molecule has 3 atom stereocenters. The van der Waals surface area contributed by atoms with Crippen molar-refractivity contribution in [2.45, 2.75) is 65.3 Å². The minimum Gasteiger partial charge on any atom is -0.329 e. The zero-order valence-corrected chi connectivity index (χ0v) is 12.1. The Labute approximate surface area is 108 Å². The standard InChI is InChI=1S/C15H32N2/c1-4-9-17(10-5-2)15(12-16)14-8-6-7-13(3)11-14/h13-15H,4-12,16H2,1-3H3. The van der Waals surface area contributed by atoms with Crippen molar-refractivity contribution >= 4 is 0 Å². The second-order valence-electron chi connectivity index (χ2n) is 5.87. The van der Waals surface area contributed by atoms with E-state index in [0.29, 0.717) is 6.04 Å². The molecule has 0 spiro atoms. The highest BCUT2D eigenvalue weighted by Crippen LogP contribution is 2.32. The molecule has 0 heterocycles. The van der Waals surface area contributed by atoms with Crippen molar-refractivity contribution < 1.29 is 0 Å². The topological polar surface area (TPSA) is 29.3 Å². The predicted molar refractivity (Wildman–Crippen MR) is 76.1 cm³/mol. The summed E-state index contributed by atoms with van der Waals surface area (Å²) in [6, 6.07) is 0.637. The monoisotopic (exact) mass is 240 g/mol. The molecule has 2 nitrogen and oxygen atoms in total. The van der Waals surface area contributed by atoms with Crippen LogP contribution in [0.25, 0.3) is 0 Å². The van der Waals surface area contributed by atoms with E-state index in [4.69, 9.17) is 5.73 Å². The van der Waals surface area contributed by atoms with Gasteiger partial charge in [0.05, 0.1) is 0 Å². The summed E-state index contributed by atoms with van der Waals surface area (Å²) in [5, 5.41) is 0. The Morgan fingerprint density at radius 3 is 2.29 bits per heavy atom. The van der Waals surface area contributed by atoms with Crippen LogP contribution in [0, 0.1) is 11.8 Å². The molecule has 1 saturated carbocycles. The summed E-state index contributed by atoms with van der Waals surface area (Å²) < 4.78 is 0. The van der Waals surface area contributed by atoms with Gasteiger partial charge >= 0.3 is 0 Å². The second-order valence-corrected chi connectivity index (χ2v) is 5.87. The zero-order chi connectivity index (χ0) is 12.7. The third-order valence-corrected chi connectivity index (χ3v) is 4.25. The van der Waals surface area contributed by atoms with Crippen molar-refractivity contribution in [3.05, 3.63) is 0 Å². The summed E-state index contributed by atoms with van der Waals surface area (Å²) in [4.78, 5) is 2.66. The van der Waals surface area contributed by atoms with Crippen LogP contribution in [0.5, 0.6) is 0 Å². The number of nitrogens with two attached hydrogens (primary N) is 1. The first kappa shape index (κ1) is 15.0. The first-order valence-electron chi connectivity index (χ1n) is 7.67. The van der Waals surface area contributed by atoms with E-state index in [1.165, 1.54) is 51.6 Å². The smallest absolute Gasteiger partial charge is 0.0246 e. The number of nitrogens with zero attached hydrogens (tertiary/aromatic N) is 1. The van der Waals surface area contributed by atoms with Crippen LogP contribution in [0.3, 0.4) is 0 Å². The molecule has 3 unspecified atom stereocenters. The van der Waals surface area contributed by atoms with Crippen LogP contribution in [-0.4, -0.2) is 30.6 Å². The molecule has 102 valence electrons. The Morgan fingerprint density at radius 2 is 1.82 bits per heavy atom. The van der Waals surface area contributed by atoms with Crippen LogP contribution in [0.2, 0.25) is 0 Å². The van der Waals surface area contributed by atoms with Gasteiger partial charge in [0.25, 0.3) is 0 Å². The van der Waals surface area contributed by atoms with E-state index in [1.807, 2.05) is 0 Å². The van der Waals surface area contributed by atoms with Crippen LogP contribution >= 0.6 is 0 Å². The SMILES string of the molecule is CCCN(CCC)C(CN)C1CCCC(C)C1. The minimum atomic E-state index is 0.637. The minimum absolute atomic E-state index is 0.637. The van der Waals surface area contributed by atoms with Crippen molar-refractivity contribution in [3.63, 3.8) is 0 Å². The normalized spacial score (nSPS) is 27.4. The molecule has 0 saturated heterocycles. The maximum absolute atomic E-state index is 6.07. The third-order valence-electron chi connectivity index (χ3n) is 4.25. The van der Waals surface area contributed by atoms with E-state index < -0.39 is 0 Å². The van der Waals surface area contributed by atoms with E-state index in [2.05, 4.69) is 25.7 Å². The highest BCUT2D eigenvalue weighted by Gasteiger charge is 2.29. The van der Waals surface area contributed by atoms with Gasteiger partial charge in [0, 0.05) is 12.6 Å². The van der Waals surface area contributed by atoms with Gasteiger partial charge in [0.2, 0.25) is 0 Å². The van der Waals surface area contributed by atoms with Gasteiger partial charge < -0.3 is 5.73 Å². The van der Waals surface area contributed by atoms with Crippen LogP contribution in [0.15, 0.2) is 0 Å². The molecule has 0 amide bonds. The molecule has 2 heteroatoms. The fourth-order valence-corrected chi connectivity index (χ4v) is 3.49. The lowest BCUT2D eigenvalue weighted by molar-refractivity contribution is 0.107. The second kappa shape index (κ2) is 8.10. The summed E-state index contributed by atoms with van der Waals surface area (Å²) in [7, 11) is 0. The van der Waals surface area contributed by atoms with Crippen LogP contribution in [-0.2, 0) is 0 Å². The number of rotatable bonds is 7. The van der Waals surface area contributed by atoms with Gasteiger partial charge in [-0.1, -0.05) is 33.6 Å². The van der Waals surface area contributed by atoms with Crippen molar-refractivity contribution in [1.29, 1.82) is 0 Å². The summed E-state index contributed by atoms with van der Waals surface area (Å²) in [6.45, 7) is 10.3. The molecule has 0 aliphatic heterocycles. The van der Waals surface area contributed by atoms with Gasteiger partial charge in [-0.2, -0.15) is 0 Å². The van der Waals surface area contributed by atoms with Gasteiger partial charge in [-0.15, -0.1) is 0 Å². The lowest BCUT2D eigenvalue weighted by atomic mass is 9.78. The van der Waals surface area contributed by atoms with E-state index in [0.717, 1.165) is 18.4 Å². The van der Waals surface area contributed by atoms with Gasteiger partial charge in [-0.3, -0.25) is 4.90 Å². The molecule has 1 aliphatic rings. The highest BCUT2D eigenvalue weighted by molar-refractivity contribution is 4.84. The quantitative estimate of drug-likeness (QED) is 0.740. The first-order valence-corrected chi connectivity index (χ1v) is 7.67. The third kappa shape index (κ3) is 4.59. The predicted octanol–water partition coefficient (Wildman–Crippen LogP) is 3.26. The average Bonchev–Trinajstić information content (AvgIpc) is 2.31. The van der Waals surface area contributed by atoms with Gasteiger partial charge in [-0.05, 0) is 50.6 Å². The summed E-state index contributed by atoms with van der Waals surface area (Å²) in [6.07, 6.45) is 8.13. The van der Waals surface area contributed by atoms with Gasteiger partial charge in [0.15, 0.2) is 0 Å². The fraction of sp³-hybridized carbons (Fsp3) is 1.00. The molecule has 1 fully saturated rings. The number of hydrogen-bond donors (Lipinski definition) is 1. The lowest BCUT2D eigenvalue weighted by Crippen LogP contribution is -2.47. The zero-order valence-electron chi connectivity index (χ0n) is 12.1. The van der Waals surface area contributed by atoms with Crippen LogP contribution < -0.4 is 5.73 Å². The molecule has 0 aromatic carbocycles. The Kier molecular flexibility index (Phi) is 7.14. The van der Waals surface area contributed by atoms with Crippen LogP contribution in [0.1, 0.15) is 59.3 Å². The Balaban J connectivity index is 2.58. The average molecular weight is 240 g/mol. The van der Waals surface area contributed by atoms with Crippen molar-refractivity contribution in [2.75, 3.05) is 19.6 Å². The lowest BCUT2D eigenvalue weighted by Gasteiger charge is -2.39. The summed E-state index contributed by atoms with van der Waals surface area (Å²) in [5.41, 5.74) is 6.07. The van der Waals surface area contributed by atoms with E-state index in [9.17, 15) is 0 Å². The highest BCUT2D eigenvalue weighted by atomic mass is 15.2. The maximum Gasteiger partial charge on any atom is 0.0246 e. The Bertz CT molecular complexity index is 183. The Hall–Kier alpha value is -0.0800. The molecular formula is C15H32N2.